The maximum atomic E-state index is 12.9. The van der Waals surface area contributed by atoms with Crippen LogP contribution >= 0.6 is 23.4 Å². The van der Waals surface area contributed by atoms with Crippen molar-refractivity contribution in [1.29, 1.82) is 0 Å². The van der Waals surface area contributed by atoms with E-state index >= 15 is 0 Å². The summed E-state index contributed by atoms with van der Waals surface area (Å²) in [5.74, 6) is -0.186. The molecule has 0 fully saturated rings. The highest BCUT2D eigenvalue weighted by Crippen LogP contribution is 2.35. The van der Waals surface area contributed by atoms with Crippen LogP contribution in [0.15, 0.2) is 52.3 Å². The highest BCUT2D eigenvalue weighted by molar-refractivity contribution is 7.99. The second-order valence-corrected chi connectivity index (χ2v) is 8.50. The van der Waals surface area contributed by atoms with Gasteiger partial charge in [0.15, 0.2) is 0 Å². The van der Waals surface area contributed by atoms with Gasteiger partial charge in [-0.1, -0.05) is 23.7 Å². The zero-order valence-corrected chi connectivity index (χ0v) is 16.0. The van der Waals surface area contributed by atoms with Crippen LogP contribution in [-0.2, 0) is 21.0 Å². The van der Waals surface area contributed by atoms with Crippen molar-refractivity contribution in [1.82, 2.24) is 0 Å². The fraction of sp³-hybridized carbons (Fsp3) is 0.188. The number of nitrogens with two attached hydrogens (primary N) is 1. The van der Waals surface area contributed by atoms with E-state index in [4.69, 9.17) is 17.3 Å². The molecular formula is C16H14ClF3N2O3S2. The Bertz CT molecular complexity index is 950. The van der Waals surface area contributed by atoms with Crippen molar-refractivity contribution in [2.24, 2.45) is 5.73 Å². The molecule has 146 valence electrons. The molecule has 0 heterocycles. The first-order valence-electron chi connectivity index (χ1n) is 7.40. The maximum absolute atomic E-state index is 12.9. The Kier molecular flexibility index (Phi) is 6.66. The Morgan fingerprint density at radius 2 is 1.85 bits per heavy atom. The molecule has 2 aromatic carbocycles. The van der Waals surface area contributed by atoms with E-state index in [1.54, 1.807) is 18.2 Å². The zero-order chi connectivity index (χ0) is 20.2. The summed E-state index contributed by atoms with van der Waals surface area (Å²) in [4.78, 5) is 10.6. The van der Waals surface area contributed by atoms with Crippen LogP contribution in [0.3, 0.4) is 0 Å². The summed E-state index contributed by atoms with van der Waals surface area (Å²) in [5, 5.41) is -0.339. The van der Waals surface area contributed by atoms with Gasteiger partial charge in [0.2, 0.25) is 5.91 Å². The third-order valence-electron chi connectivity index (χ3n) is 3.29. The number of carbonyl (C=O) groups is 1. The molecule has 0 saturated carbocycles. The first-order valence-corrected chi connectivity index (χ1v) is 10.2. The standard InChI is InChI=1S/C16H14ClF3N2O3S2/c17-11-6-5-10(16(18,19)20)9-14(11)27(24,25)22-12-3-1-2-4-13(12)26-8-7-15(21)23/h1-6,9,22H,7-8H2,(H2,21,23). The third-order valence-corrected chi connectivity index (χ3v) is 6.21. The Morgan fingerprint density at radius 1 is 1.19 bits per heavy atom. The lowest BCUT2D eigenvalue weighted by Crippen LogP contribution is -2.16. The van der Waals surface area contributed by atoms with Crippen LogP contribution in [0.25, 0.3) is 0 Å². The number of amides is 1. The van der Waals surface area contributed by atoms with Crippen LogP contribution < -0.4 is 10.5 Å². The van der Waals surface area contributed by atoms with Gasteiger partial charge in [0.1, 0.15) is 4.90 Å². The third kappa shape index (κ3) is 5.78. The lowest BCUT2D eigenvalue weighted by Gasteiger charge is -2.14. The number of alkyl halides is 3. The minimum atomic E-state index is -4.71. The van der Waals surface area contributed by atoms with Gasteiger partial charge in [0, 0.05) is 17.1 Å². The van der Waals surface area contributed by atoms with E-state index in [9.17, 15) is 26.4 Å². The number of thioether (sulfide) groups is 1. The molecule has 0 spiro atoms. The van der Waals surface area contributed by atoms with E-state index < -0.39 is 32.6 Å². The number of rotatable bonds is 7. The van der Waals surface area contributed by atoms with Gasteiger partial charge in [0.05, 0.1) is 16.3 Å². The van der Waals surface area contributed by atoms with Crippen LogP contribution in [-0.4, -0.2) is 20.1 Å². The number of para-hydroxylation sites is 1. The number of nitrogens with one attached hydrogen (secondary N) is 1. The first kappa shape index (κ1) is 21.4. The number of hydrogen-bond acceptors (Lipinski definition) is 4. The zero-order valence-electron chi connectivity index (χ0n) is 13.6. The molecule has 0 aliphatic heterocycles. The topological polar surface area (TPSA) is 89.3 Å². The summed E-state index contributed by atoms with van der Waals surface area (Å²) in [6.45, 7) is 0. The van der Waals surface area contributed by atoms with Crippen LogP contribution in [0.1, 0.15) is 12.0 Å². The van der Waals surface area contributed by atoms with Gasteiger partial charge in [0.25, 0.3) is 10.0 Å². The van der Waals surface area contributed by atoms with E-state index in [1.165, 1.54) is 17.8 Å². The molecule has 2 aromatic rings. The molecule has 5 nitrogen and oxygen atoms in total. The lowest BCUT2D eigenvalue weighted by molar-refractivity contribution is -0.137. The molecule has 0 unspecified atom stereocenters. The van der Waals surface area contributed by atoms with Gasteiger partial charge in [-0.25, -0.2) is 8.42 Å². The van der Waals surface area contributed by atoms with Crippen molar-refractivity contribution >= 4 is 45.0 Å². The molecule has 0 aliphatic carbocycles. The van der Waals surface area contributed by atoms with Crippen molar-refractivity contribution in [2.75, 3.05) is 10.5 Å². The van der Waals surface area contributed by atoms with E-state index in [-0.39, 0.29) is 17.1 Å². The summed E-state index contributed by atoms with van der Waals surface area (Å²) in [6.07, 6.45) is -4.62. The fourth-order valence-electron chi connectivity index (χ4n) is 2.02. The minimum Gasteiger partial charge on any atom is -0.370 e. The number of primary amides is 1. The highest BCUT2D eigenvalue weighted by Gasteiger charge is 2.33. The average Bonchev–Trinajstić information content (AvgIpc) is 2.55. The SMILES string of the molecule is NC(=O)CCSc1ccccc1NS(=O)(=O)c1cc(C(F)(F)F)ccc1Cl. The van der Waals surface area contributed by atoms with Crippen molar-refractivity contribution in [3.05, 3.63) is 53.1 Å². The van der Waals surface area contributed by atoms with Gasteiger partial charge in [-0.15, -0.1) is 11.8 Å². The molecule has 0 saturated heterocycles. The van der Waals surface area contributed by atoms with E-state index in [1.807, 2.05) is 0 Å². The van der Waals surface area contributed by atoms with Crippen LogP contribution in [0, 0.1) is 0 Å². The second-order valence-electron chi connectivity index (χ2n) is 5.31. The molecule has 3 N–H and O–H groups in total. The van der Waals surface area contributed by atoms with Gasteiger partial charge in [-0.3, -0.25) is 9.52 Å². The Morgan fingerprint density at radius 3 is 2.48 bits per heavy atom. The Labute approximate surface area is 163 Å². The van der Waals surface area contributed by atoms with Crippen molar-refractivity contribution in [3.8, 4) is 0 Å². The quantitative estimate of drug-likeness (QED) is 0.636. The number of benzene rings is 2. The number of anilines is 1. The van der Waals surface area contributed by atoms with E-state index in [0.717, 1.165) is 6.07 Å². The van der Waals surface area contributed by atoms with Gasteiger partial charge in [-0.2, -0.15) is 13.2 Å². The summed E-state index contributed by atoms with van der Waals surface area (Å²) in [6, 6.07) is 8.34. The van der Waals surface area contributed by atoms with E-state index in [0.29, 0.717) is 22.8 Å². The number of carbonyl (C=O) groups excluding carboxylic acids is 1. The van der Waals surface area contributed by atoms with Crippen LogP contribution in [0.2, 0.25) is 5.02 Å². The number of hydrogen-bond donors (Lipinski definition) is 2. The summed E-state index contributed by atoms with van der Waals surface area (Å²) >= 11 is 6.99. The fourth-order valence-corrected chi connectivity index (χ4v) is 4.67. The predicted molar refractivity (Wildman–Crippen MR) is 98.2 cm³/mol. The summed E-state index contributed by atoms with van der Waals surface area (Å²) in [7, 11) is -4.38. The van der Waals surface area contributed by atoms with E-state index in [2.05, 4.69) is 4.72 Å². The molecule has 11 heteroatoms. The first-order chi connectivity index (χ1) is 12.5. The van der Waals surface area contributed by atoms with Crippen molar-refractivity contribution in [3.63, 3.8) is 0 Å². The molecule has 0 bridgehead atoms. The largest absolute Gasteiger partial charge is 0.416 e. The molecule has 0 atom stereocenters. The average molecular weight is 439 g/mol. The normalized spacial score (nSPS) is 12.0. The number of halogens is 4. The van der Waals surface area contributed by atoms with Crippen molar-refractivity contribution < 1.29 is 26.4 Å². The lowest BCUT2D eigenvalue weighted by atomic mass is 10.2. The summed E-state index contributed by atoms with van der Waals surface area (Å²) < 4.78 is 66.1. The summed E-state index contributed by atoms with van der Waals surface area (Å²) in [5.41, 5.74) is 4.09. The molecular weight excluding hydrogens is 425 g/mol. The molecule has 2 rings (SSSR count). The van der Waals surface area contributed by atoms with Gasteiger partial charge < -0.3 is 5.73 Å². The van der Waals surface area contributed by atoms with Crippen molar-refractivity contribution in [2.45, 2.75) is 22.4 Å². The monoisotopic (exact) mass is 438 g/mol. The predicted octanol–water partition coefficient (Wildman–Crippen LogP) is 4.13. The van der Waals surface area contributed by atoms with Gasteiger partial charge >= 0.3 is 6.18 Å². The Balaban J connectivity index is 2.33. The Hall–Kier alpha value is -1.91. The second kappa shape index (κ2) is 8.41. The molecule has 0 aromatic heterocycles. The maximum Gasteiger partial charge on any atom is 0.416 e. The molecule has 0 aliphatic rings. The van der Waals surface area contributed by atoms with Crippen LogP contribution in [0.5, 0.6) is 0 Å². The minimum absolute atomic E-state index is 0.0885. The van der Waals surface area contributed by atoms with Gasteiger partial charge in [-0.05, 0) is 30.3 Å². The molecule has 1 amide bonds. The molecule has 0 radical (unpaired) electrons. The highest BCUT2D eigenvalue weighted by atomic mass is 35.5. The molecule has 27 heavy (non-hydrogen) atoms. The smallest absolute Gasteiger partial charge is 0.370 e. The number of sulfonamides is 1. The van der Waals surface area contributed by atoms with Crippen LogP contribution in [0.4, 0.5) is 18.9 Å².